The van der Waals surface area contributed by atoms with Crippen LogP contribution < -0.4 is 11.1 Å². The number of hydrogen-bond donors (Lipinski definition) is 3. The number of carbonyl (C=O) groups is 3. The van der Waals surface area contributed by atoms with Crippen LogP contribution in [0.25, 0.3) is 0 Å². The summed E-state index contributed by atoms with van der Waals surface area (Å²) in [6.07, 6.45) is 0. The number of esters is 1. The Morgan fingerprint density at radius 2 is 2.00 bits per heavy atom. The first kappa shape index (κ1) is 17.2. The number of hydrogen-bond acceptors (Lipinski definition) is 5. The van der Waals surface area contributed by atoms with E-state index in [0.717, 1.165) is 6.07 Å². The van der Waals surface area contributed by atoms with Crippen LogP contribution in [0.15, 0.2) is 12.1 Å². The molecule has 1 amide bonds. The van der Waals surface area contributed by atoms with Crippen LogP contribution in [0.1, 0.15) is 17.3 Å². The van der Waals surface area contributed by atoms with E-state index in [-0.39, 0.29) is 27.9 Å². The number of rotatable bonds is 5. The maximum Gasteiger partial charge on any atom is 0.337 e. The number of carboxylic acid groups (broad SMARTS) is 1. The Morgan fingerprint density at radius 3 is 2.52 bits per heavy atom. The molecule has 1 rings (SSSR count). The lowest BCUT2D eigenvalue weighted by atomic mass is 10.1. The summed E-state index contributed by atoms with van der Waals surface area (Å²) in [4.78, 5) is 34.3. The van der Waals surface area contributed by atoms with Crippen molar-refractivity contribution in [2.75, 3.05) is 11.9 Å². The fourth-order valence-electron chi connectivity index (χ4n) is 1.41. The van der Waals surface area contributed by atoms with E-state index in [1.54, 1.807) is 6.92 Å². The van der Waals surface area contributed by atoms with E-state index in [4.69, 9.17) is 34.0 Å². The smallest absolute Gasteiger partial charge is 0.337 e. The van der Waals surface area contributed by atoms with E-state index in [1.807, 2.05) is 0 Å². The van der Waals surface area contributed by atoms with Gasteiger partial charge in [-0.25, -0.2) is 9.59 Å². The van der Waals surface area contributed by atoms with Gasteiger partial charge in [0.05, 0.1) is 22.9 Å². The first-order valence-corrected chi connectivity index (χ1v) is 6.49. The van der Waals surface area contributed by atoms with Gasteiger partial charge in [0.25, 0.3) is 5.91 Å². The largest absolute Gasteiger partial charge is 0.478 e. The van der Waals surface area contributed by atoms with Crippen LogP contribution in [0.5, 0.6) is 0 Å². The lowest BCUT2D eigenvalue weighted by Crippen LogP contribution is -2.43. The van der Waals surface area contributed by atoms with Crippen LogP contribution in [-0.2, 0) is 14.3 Å². The van der Waals surface area contributed by atoms with Gasteiger partial charge in [-0.1, -0.05) is 23.2 Å². The summed E-state index contributed by atoms with van der Waals surface area (Å²) in [6.45, 7) is 1.61. The van der Waals surface area contributed by atoms with E-state index in [9.17, 15) is 14.4 Å². The standard InChI is InChI=1S/C12H12Cl2N2O5/c1-2-21-12(20)8(15)10(17)16-9-6(11(18)19)3-5(13)4-7(9)14/h3-4,8H,2,15H2,1H3,(H,16,17)(H,18,19). The van der Waals surface area contributed by atoms with E-state index in [1.165, 1.54) is 6.07 Å². The molecule has 0 fully saturated rings. The van der Waals surface area contributed by atoms with Gasteiger partial charge in [-0.3, -0.25) is 4.79 Å². The fourth-order valence-corrected chi connectivity index (χ4v) is 1.95. The van der Waals surface area contributed by atoms with Gasteiger partial charge < -0.3 is 20.9 Å². The molecule has 0 aliphatic heterocycles. The number of benzene rings is 1. The molecule has 1 aromatic rings. The first-order valence-electron chi connectivity index (χ1n) is 5.73. The molecule has 9 heteroatoms. The number of amides is 1. The van der Waals surface area contributed by atoms with Gasteiger partial charge in [0.15, 0.2) is 6.04 Å². The van der Waals surface area contributed by atoms with Crippen LogP contribution in [0.2, 0.25) is 10.0 Å². The summed E-state index contributed by atoms with van der Waals surface area (Å²) >= 11 is 11.5. The summed E-state index contributed by atoms with van der Waals surface area (Å²) in [7, 11) is 0. The maximum atomic E-state index is 11.8. The van der Waals surface area contributed by atoms with Gasteiger partial charge in [0.2, 0.25) is 0 Å². The summed E-state index contributed by atoms with van der Waals surface area (Å²) in [6, 6.07) is 0.765. The van der Waals surface area contributed by atoms with Gasteiger partial charge in [0, 0.05) is 5.02 Å². The molecule has 21 heavy (non-hydrogen) atoms. The van der Waals surface area contributed by atoms with Crippen molar-refractivity contribution in [3.05, 3.63) is 27.7 Å². The van der Waals surface area contributed by atoms with Crippen LogP contribution in [0, 0.1) is 0 Å². The number of halogens is 2. The van der Waals surface area contributed by atoms with Crippen molar-refractivity contribution in [2.45, 2.75) is 13.0 Å². The average Bonchev–Trinajstić information content (AvgIpc) is 2.40. The molecular formula is C12H12Cl2N2O5. The zero-order valence-corrected chi connectivity index (χ0v) is 12.4. The molecule has 0 aliphatic carbocycles. The lowest BCUT2D eigenvalue weighted by molar-refractivity contribution is -0.146. The highest BCUT2D eigenvalue weighted by atomic mass is 35.5. The van der Waals surface area contributed by atoms with Crippen LogP contribution in [-0.4, -0.2) is 35.6 Å². The third kappa shape index (κ3) is 4.32. The fraction of sp³-hybridized carbons (Fsp3) is 0.250. The minimum Gasteiger partial charge on any atom is -0.478 e. The summed E-state index contributed by atoms with van der Waals surface area (Å²) in [5.41, 5.74) is 4.88. The third-order valence-electron chi connectivity index (χ3n) is 2.36. The molecule has 1 atom stereocenters. The molecule has 7 nitrogen and oxygen atoms in total. The first-order chi connectivity index (χ1) is 9.77. The predicted octanol–water partition coefficient (Wildman–Crippen LogP) is 1.52. The monoisotopic (exact) mass is 334 g/mol. The molecule has 114 valence electrons. The van der Waals surface area contributed by atoms with E-state index < -0.39 is 23.9 Å². The van der Waals surface area contributed by atoms with Crippen molar-refractivity contribution in [2.24, 2.45) is 5.73 Å². The van der Waals surface area contributed by atoms with Crippen molar-refractivity contribution in [3.8, 4) is 0 Å². The Balaban J connectivity index is 3.05. The van der Waals surface area contributed by atoms with Crippen LogP contribution >= 0.6 is 23.2 Å². The molecule has 1 unspecified atom stereocenters. The van der Waals surface area contributed by atoms with Crippen LogP contribution in [0.4, 0.5) is 5.69 Å². The Labute approximate surface area is 130 Å². The Hall–Kier alpha value is -1.83. The number of nitrogens with one attached hydrogen (secondary N) is 1. The van der Waals surface area contributed by atoms with Crippen LogP contribution in [0.3, 0.4) is 0 Å². The van der Waals surface area contributed by atoms with Gasteiger partial charge in [-0.15, -0.1) is 0 Å². The maximum absolute atomic E-state index is 11.8. The topological polar surface area (TPSA) is 119 Å². The second-order valence-corrected chi connectivity index (χ2v) is 4.68. The van der Waals surface area contributed by atoms with Crippen molar-refractivity contribution in [1.82, 2.24) is 0 Å². The molecule has 0 radical (unpaired) electrons. The highest BCUT2D eigenvalue weighted by Gasteiger charge is 2.26. The van der Waals surface area contributed by atoms with E-state index in [0.29, 0.717) is 0 Å². The number of ether oxygens (including phenoxy) is 1. The molecule has 0 heterocycles. The summed E-state index contributed by atoms with van der Waals surface area (Å²) in [5.74, 6) is -3.23. The lowest BCUT2D eigenvalue weighted by Gasteiger charge is -2.14. The minimum absolute atomic E-state index is 0.0574. The molecule has 0 aromatic heterocycles. The third-order valence-corrected chi connectivity index (χ3v) is 2.87. The van der Waals surface area contributed by atoms with Crippen molar-refractivity contribution in [3.63, 3.8) is 0 Å². The molecule has 0 bridgehead atoms. The van der Waals surface area contributed by atoms with Gasteiger partial charge >= 0.3 is 11.9 Å². The quantitative estimate of drug-likeness (QED) is 0.554. The van der Waals surface area contributed by atoms with Gasteiger partial charge in [-0.05, 0) is 19.1 Å². The highest BCUT2D eigenvalue weighted by molar-refractivity contribution is 6.38. The van der Waals surface area contributed by atoms with Gasteiger partial charge in [-0.2, -0.15) is 0 Å². The summed E-state index contributed by atoms with van der Waals surface area (Å²) in [5, 5.41) is 11.3. The number of carboxylic acids is 1. The number of aromatic carboxylic acids is 1. The Bertz CT molecular complexity index is 591. The second-order valence-electron chi connectivity index (χ2n) is 3.83. The number of nitrogens with two attached hydrogens (primary N) is 1. The minimum atomic E-state index is -1.60. The number of carbonyl (C=O) groups excluding carboxylic acids is 2. The van der Waals surface area contributed by atoms with Crippen molar-refractivity contribution < 1.29 is 24.2 Å². The van der Waals surface area contributed by atoms with Gasteiger partial charge in [0.1, 0.15) is 0 Å². The van der Waals surface area contributed by atoms with E-state index >= 15 is 0 Å². The average molecular weight is 335 g/mol. The SMILES string of the molecule is CCOC(=O)C(N)C(=O)Nc1c(Cl)cc(Cl)cc1C(=O)O. The number of anilines is 1. The van der Waals surface area contributed by atoms with Crippen molar-refractivity contribution >= 4 is 46.7 Å². The molecule has 4 N–H and O–H groups in total. The molecule has 1 aromatic carbocycles. The molecule has 0 spiro atoms. The van der Waals surface area contributed by atoms with Crippen molar-refractivity contribution in [1.29, 1.82) is 0 Å². The Kier molecular flexibility index (Phi) is 5.95. The highest BCUT2D eigenvalue weighted by Crippen LogP contribution is 2.30. The zero-order chi connectivity index (χ0) is 16.2. The Morgan fingerprint density at radius 1 is 1.38 bits per heavy atom. The second kappa shape index (κ2) is 7.26. The molecule has 0 saturated heterocycles. The molecule has 0 aliphatic rings. The zero-order valence-electron chi connectivity index (χ0n) is 10.9. The molecular weight excluding hydrogens is 323 g/mol. The summed E-state index contributed by atoms with van der Waals surface area (Å²) < 4.78 is 4.59. The predicted molar refractivity (Wildman–Crippen MR) is 76.7 cm³/mol. The normalized spacial score (nSPS) is 11.6. The van der Waals surface area contributed by atoms with E-state index in [2.05, 4.69) is 10.1 Å². The molecule has 0 saturated carbocycles.